The Morgan fingerprint density at radius 3 is 2.73 bits per heavy atom. The van der Waals surface area contributed by atoms with E-state index in [1.165, 1.54) is 6.92 Å². The van der Waals surface area contributed by atoms with Crippen LogP contribution in [0.1, 0.15) is 19.1 Å². The average Bonchev–Trinajstić information content (AvgIpc) is 3.00. The Balaban J connectivity index is 1.80. The van der Waals surface area contributed by atoms with Crippen molar-refractivity contribution in [3.63, 3.8) is 0 Å². The molecule has 0 saturated heterocycles. The molecule has 116 valence electrons. The number of furan rings is 1. The van der Waals surface area contributed by atoms with Crippen molar-refractivity contribution in [2.24, 2.45) is 0 Å². The van der Waals surface area contributed by atoms with Crippen molar-refractivity contribution in [1.29, 1.82) is 0 Å². The zero-order chi connectivity index (χ0) is 15.9. The van der Waals surface area contributed by atoms with Crippen LogP contribution in [0, 0.1) is 0 Å². The van der Waals surface area contributed by atoms with Gasteiger partial charge in [0, 0.05) is 6.42 Å². The van der Waals surface area contributed by atoms with Crippen LogP contribution >= 0.6 is 11.6 Å². The quantitative estimate of drug-likeness (QED) is 0.827. The minimum absolute atomic E-state index is 0.150. The Morgan fingerprint density at radius 1 is 1.27 bits per heavy atom. The molecule has 0 radical (unpaired) electrons. The summed E-state index contributed by atoms with van der Waals surface area (Å²) >= 11 is 5.95. The van der Waals surface area contributed by atoms with E-state index in [0.29, 0.717) is 22.9 Å². The number of aryl methyl sites for hydroxylation is 1. The Labute approximate surface area is 133 Å². The standard InChI is InChI=1S/C16H16ClNO4/c1-11(16(20)18-14-7-3-2-6-13(14)17)22-15(19)9-8-12-5-4-10-21-12/h2-7,10-11H,8-9H2,1H3,(H,18,20)/t11-/m0/s1. The maximum Gasteiger partial charge on any atom is 0.307 e. The molecule has 0 bridgehead atoms. The fourth-order valence-corrected chi connectivity index (χ4v) is 1.97. The van der Waals surface area contributed by atoms with Crippen molar-refractivity contribution >= 4 is 29.2 Å². The number of benzene rings is 1. The summed E-state index contributed by atoms with van der Waals surface area (Å²) in [5, 5.41) is 3.04. The van der Waals surface area contributed by atoms with Gasteiger partial charge in [0.15, 0.2) is 6.10 Å². The maximum atomic E-state index is 12.0. The van der Waals surface area contributed by atoms with Gasteiger partial charge >= 0.3 is 5.97 Å². The van der Waals surface area contributed by atoms with Crippen LogP contribution in [0.5, 0.6) is 0 Å². The third kappa shape index (κ3) is 4.63. The van der Waals surface area contributed by atoms with Gasteiger partial charge in [-0.05, 0) is 31.2 Å². The highest BCUT2D eigenvalue weighted by molar-refractivity contribution is 6.33. The molecule has 1 aromatic carbocycles. The maximum absolute atomic E-state index is 12.0. The van der Waals surface area contributed by atoms with E-state index in [-0.39, 0.29) is 6.42 Å². The Kier molecular flexibility index (Phi) is 5.61. The molecule has 0 saturated carbocycles. The van der Waals surface area contributed by atoms with Gasteiger partial charge in [-0.1, -0.05) is 23.7 Å². The van der Waals surface area contributed by atoms with Crippen LogP contribution in [0.25, 0.3) is 0 Å². The molecule has 1 aromatic heterocycles. The third-order valence-electron chi connectivity index (χ3n) is 2.96. The largest absolute Gasteiger partial charge is 0.469 e. The van der Waals surface area contributed by atoms with Crippen molar-refractivity contribution in [2.45, 2.75) is 25.9 Å². The van der Waals surface area contributed by atoms with Crippen molar-refractivity contribution < 1.29 is 18.7 Å². The fraction of sp³-hybridized carbons (Fsp3) is 0.250. The summed E-state index contributed by atoms with van der Waals surface area (Å²) in [6.07, 6.45) is 1.22. The minimum Gasteiger partial charge on any atom is -0.469 e. The van der Waals surface area contributed by atoms with E-state index in [0.717, 1.165) is 0 Å². The molecule has 0 spiro atoms. The second-order valence-corrected chi connectivity index (χ2v) is 5.09. The van der Waals surface area contributed by atoms with Gasteiger partial charge in [0.1, 0.15) is 5.76 Å². The Morgan fingerprint density at radius 2 is 2.05 bits per heavy atom. The molecule has 2 rings (SSSR count). The first-order valence-electron chi connectivity index (χ1n) is 6.83. The highest BCUT2D eigenvalue weighted by Crippen LogP contribution is 2.20. The van der Waals surface area contributed by atoms with Crippen molar-refractivity contribution in [3.8, 4) is 0 Å². The van der Waals surface area contributed by atoms with E-state index in [1.807, 2.05) is 0 Å². The molecule has 0 aliphatic heterocycles. The zero-order valence-electron chi connectivity index (χ0n) is 12.0. The summed E-state index contributed by atoms with van der Waals surface area (Å²) in [5.74, 6) is -0.192. The van der Waals surface area contributed by atoms with Crippen LogP contribution in [0.4, 0.5) is 5.69 Å². The number of rotatable bonds is 6. The summed E-state index contributed by atoms with van der Waals surface area (Å²) in [4.78, 5) is 23.7. The fourth-order valence-electron chi connectivity index (χ4n) is 1.79. The second kappa shape index (κ2) is 7.66. The van der Waals surface area contributed by atoms with Crippen LogP contribution in [0.15, 0.2) is 47.1 Å². The topological polar surface area (TPSA) is 68.5 Å². The van der Waals surface area contributed by atoms with Crippen LogP contribution in [0.2, 0.25) is 5.02 Å². The number of hydrogen-bond acceptors (Lipinski definition) is 4. The smallest absolute Gasteiger partial charge is 0.307 e. The molecule has 1 heterocycles. The number of para-hydroxylation sites is 1. The zero-order valence-corrected chi connectivity index (χ0v) is 12.8. The third-order valence-corrected chi connectivity index (χ3v) is 3.29. The second-order valence-electron chi connectivity index (χ2n) is 4.68. The Hall–Kier alpha value is -2.27. The molecule has 1 atom stereocenters. The van der Waals surface area contributed by atoms with E-state index in [2.05, 4.69) is 5.32 Å². The van der Waals surface area contributed by atoms with E-state index >= 15 is 0 Å². The van der Waals surface area contributed by atoms with Gasteiger partial charge in [-0.15, -0.1) is 0 Å². The average molecular weight is 322 g/mol. The molecule has 1 N–H and O–H groups in total. The van der Waals surface area contributed by atoms with Gasteiger partial charge in [0.25, 0.3) is 5.91 Å². The number of anilines is 1. The first-order valence-corrected chi connectivity index (χ1v) is 7.21. The lowest BCUT2D eigenvalue weighted by Crippen LogP contribution is -2.30. The molecule has 22 heavy (non-hydrogen) atoms. The first kappa shape index (κ1) is 16.1. The molecule has 0 fully saturated rings. The SMILES string of the molecule is C[C@H](OC(=O)CCc1ccco1)C(=O)Nc1ccccc1Cl. The molecule has 0 unspecified atom stereocenters. The molecular formula is C16H16ClNO4. The van der Waals surface area contributed by atoms with Crippen molar-refractivity contribution in [3.05, 3.63) is 53.4 Å². The van der Waals surface area contributed by atoms with E-state index < -0.39 is 18.0 Å². The van der Waals surface area contributed by atoms with Gasteiger partial charge in [0.05, 0.1) is 23.4 Å². The number of hydrogen-bond donors (Lipinski definition) is 1. The summed E-state index contributed by atoms with van der Waals surface area (Å²) < 4.78 is 10.2. The van der Waals surface area contributed by atoms with E-state index in [9.17, 15) is 9.59 Å². The summed E-state index contributed by atoms with van der Waals surface area (Å²) in [6.45, 7) is 1.51. The number of nitrogens with one attached hydrogen (secondary N) is 1. The number of amides is 1. The number of carbonyl (C=O) groups excluding carboxylic acids is 2. The van der Waals surface area contributed by atoms with Crippen molar-refractivity contribution in [1.82, 2.24) is 0 Å². The van der Waals surface area contributed by atoms with Gasteiger partial charge < -0.3 is 14.5 Å². The lowest BCUT2D eigenvalue weighted by molar-refractivity contribution is -0.153. The number of carbonyl (C=O) groups is 2. The summed E-state index contributed by atoms with van der Waals surface area (Å²) in [7, 11) is 0. The summed E-state index contributed by atoms with van der Waals surface area (Å²) in [6, 6.07) is 10.4. The number of esters is 1. The van der Waals surface area contributed by atoms with E-state index in [1.54, 1.807) is 42.7 Å². The molecule has 0 aliphatic carbocycles. The lowest BCUT2D eigenvalue weighted by atomic mass is 10.2. The van der Waals surface area contributed by atoms with Gasteiger partial charge in [-0.25, -0.2) is 0 Å². The first-order chi connectivity index (χ1) is 10.6. The molecular weight excluding hydrogens is 306 g/mol. The minimum atomic E-state index is -0.902. The van der Waals surface area contributed by atoms with Crippen LogP contribution < -0.4 is 5.32 Å². The van der Waals surface area contributed by atoms with Crippen LogP contribution in [0.3, 0.4) is 0 Å². The molecule has 1 amide bonds. The highest BCUT2D eigenvalue weighted by atomic mass is 35.5. The highest BCUT2D eigenvalue weighted by Gasteiger charge is 2.18. The monoisotopic (exact) mass is 321 g/mol. The van der Waals surface area contributed by atoms with Crippen LogP contribution in [-0.2, 0) is 20.7 Å². The number of halogens is 1. The molecule has 2 aromatic rings. The molecule has 6 heteroatoms. The van der Waals surface area contributed by atoms with Crippen LogP contribution in [-0.4, -0.2) is 18.0 Å². The predicted molar refractivity (Wildman–Crippen MR) is 82.7 cm³/mol. The van der Waals surface area contributed by atoms with E-state index in [4.69, 9.17) is 20.8 Å². The molecule has 0 aliphatic rings. The predicted octanol–water partition coefficient (Wildman–Crippen LogP) is 3.44. The summed E-state index contributed by atoms with van der Waals surface area (Å²) in [5.41, 5.74) is 0.479. The van der Waals surface area contributed by atoms with Gasteiger partial charge in [-0.3, -0.25) is 9.59 Å². The van der Waals surface area contributed by atoms with Crippen molar-refractivity contribution in [2.75, 3.05) is 5.32 Å². The Bertz CT molecular complexity index is 639. The molecule has 5 nitrogen and oxygen atoms in total. The van der Waals surface area contributed by atoms with Gasteiger partial charge in [-0.2, -0.15) is 0 Å². The normalized spacial score (nSPS) is 11.7. The number of ether oxygens (including phenoxy) is 1. The van der Waals surface area contributed by atoms with Gasteiger partial charge in [0.2, 0.25) is 0 Å². The lowest BCUT2D eigenvalue weighted by Gasteiger charge is -2.14.